The van der Waals surface area contributed by atoms with Gasteiger partial charge in [-0.05, 0) is 54.1 Å². The zero-order valence-electron chi connectivity index (χ0n) is 17.4. The van der Waals surface area contributed by atoms with Crippen molar-refractivity contribution < 1.29 is 18.7 Å². The van der Waals surface area contributed by atoms with E-state index >= 15 is 0 Å². The standard InChI is InChI=1S/C24H22N4O4/c1-30-20-13-9-19(10-14-20)25-15-22(29)26-24-28-27-23(32-24)18-7-11-21(12-8-18)31-16-17-5-3-2-4-6-17/h2-14,25H,15-16H2,1H3,(H,26,28,29). The molecular weight excluding hydrogens is 408 g/mol. The monoisotopic (exact) mass is 430 g/mol. The van der Waals surface area contributed by atoms with Crippen LogP contribution in [0.2, 0.25) is 0 Å². The summed E-state index contributed by atoms with van der Waals surface area (Å²) in [5, 5.41) is 13.5. The summed E-state index contributed by atoms with van der Waals surface area (Å²) in [7, 11) is 1.60. The third-order valence-corrected chi connectivity index (χ3v) is 4.56. The van der Waals surface area contributed by atoms with Crippen molar-refractivity contribution in [3.8, 4) is 23.0 Å². The van der Waals surface area contributed by atoms with E-state index in [0.29, 0.717) is 12.5 Å². The van der Waals surface area contributed by atoms with Crippen LogP contribution in [-0.4, -0.2) is 29.8 Å². The Hall–Kier alpha value is -4.33. The minimum absolute atomic E-state index is 0.0333. The Labute approximate surface area is 185 Å². The lowest BCUT2D eigenvalue weighted by Crippen LogP contribution is -2.21. The molecule has 0 unspecified atom stereocenters. The highest BCUT2D eigenvalue weighted by Crippen LogP contribution is 2.23. The van der Waals surface area contributed by atoms with Gasteiger partial charge in [0.25, 0.3) is 0 Å². The molecule has 0 saturated heterocycles. The Balaban J connectivity index is 1.28. The summed E-state index contributed by atoms with van der Waals surface area (Å²) in [4.78, 5) is 12.1. The first-order valence-electron chi connectivity index (χ1n) is 9.98. The van der Waals surface area contributed by atoms with E-state index in [1.807, 2.05) is 78.9 Å². The second-order valence-electron chi connectivity index (χ2n) is 6.84. The molecule has 0 saturated carbocycles. The third-order valence-electron chi connectivity index (χ3n) is 4.56. The first kappa shape index (κ1) is 20.9. The fourth-order valence-corrected chi connectivity index (χ4v) is 2.88. The second-order valence-corrected chi connectivity index (χ2v) is 6.84. The lowest BCUT2D eigenvalue weighted by Gasteiger charge is -2.06. The molecule has 0 radical (unpaired) electrons. The number of carbonyl (C=O) groups excluding carboxylic acids is 1. The SMILES string of the molecule is COc1ccc(NCC(=O)Nc2nnc(-c3ccc(OCc4ccccc4)cc3)o2)cc1. The van der Waals surface area contributed by atoms with E-state index in [-0.39, 0.29) is 18.5 Å². The minimum atomic E-state index is -0.305. The number of nitrogens with zero attached hydrogens (tertiary/aromatic N) is 2. The van der Waals surface area contributed by atoms with Gasteiger partial charge in [0, 0.05) is 11.3 Å². The predicted octanol–water partition coefficient (Wildman–Crippen LogP) is 4.37. The number of amides is 1. The van der Waals surface area contributed by atoms with Crippen molar-refractivity contribution in [2.75, 3.05) is 24.3 Å². The molecule has 0 aliphatic rings. The van der Waals surface area contributed by atoms with Gasteiger partial charge >= 0.3 is 6.01 Å². The van der Waals surface area contributed by atoms with E-state index in [9.17, 15) is 4.79 Å². The van der Waals surface area contributed by atoms with Gasteiger partial charge in [-0.15, -0.1) is 5.10 Å². The van der Waals surface area contributed by atoms with Crippen LogP contribution >= 0.6 is 0 Å². The summed E-state index contributed by atoms with van der Waals surface area (Å²) in [6.45, 7) is 0.541. The Kier molecular flexibility index (Phi) is 6.62. The normalized spacial score (nSPS) is 10.4. The molecule has 0 spiro atoms. The number of carbonyl (C=O) groups is 1. The van der Waals surface area contributed by atoms with Crippen molar-refractivity contribution in [2.45, 2.75) is 6.61 Å². The molecule has 0 atom stereocenters. The smallest absolute Gasteiger partial charge is 0.322 e. The van der Waals surface area contributed by atoms with Crippen LogP contribution < -0.4 is 20.1 Å². The van der Waals surface area contributed by atoms with Crippen LogP contribution in [0.1, 0.15) is 5.56 Å². The van der Waals surface area contributed by atoms with Crippen molar-refractivity contribution in [1.82, 2.24) is 10.2 Å². The molecule has 1 amide bonds. The van der Waals surface area contributed by atoms with E-state index in [1.54, 1.807) is 7.11 Å². The molecule has 0 aliphatic heterocycles. The maximum absolute atomic E-state index is 12.1. The predicted molar refractivity (Wildman–Crippen MR) is 121 cm³/mol. The Morgan fingerprint density at radius 3 is 2.34 bits per heavy atom. The number of anilines is 2. The molecule has 0 fully saturated rings. The van der Waals surface area contributed by atoms with Crippen LogP contribution in [0.25, 0.3) is 11.5 Å². The molecule has 32 heavy (non-hydrogen) atoms. The summed E-state index contributed by atoms with van der Waals surface area (Å²) in [5.74, 6) is 1.48. The molecule has 0 bridgehead atoms. The number of hydrogen-bond donors (Lipinski definition) is 2. The number of ether oxygens (including phenoxy) is 2. The Morgan fingerprint density at radius 2 is 1.62 bits per heavy atom. The molecule has 162 valence electrons. The average Bonchev–Trinajstić information content (AvgIpc) is 3.31. The highest BCUT2D eigenvalue weighted by atomic mass is 16.5. The number of aromatic nitrogens is 2. The van der Waals surface area contributed by atoms with Gasteiger partial charge in [-0.3, -0.25) is 10.1 Å². The molecule has 4 aromatic rings. The van der Waals surface area contributed by atoms with Gasteiger partial charge in [-0.25, -0.2) is 0 Å². The van der Waals surface area contributed by atoms with E-state index in [0.717, 1.165) is 28.3 Å². The van der Waals surface area contributed by atoms with Crippen molar-refractivity contribution in [1.29, 1.82) is 0 Å². The summed E-state index contributed by atoms with van der Waals surface area (Å²) >= 11 is 0. The molecule has 1 heterocycles. The van der Waals surface area contributed by atoms with Crippen LogP contribution in [0.4, 0.5) is 11.7 Å². The highest BCUT2D eigenvalue weighted by molar-refractivity contribution is 5.92. The van der Waals surface area contributed by atoms with Gasteiger partial charge in [0.05, 0.1) is 13.7 Å². The lowest BCUT2D eigenvalue weighted by molar-refractivity contribution is -0.114. The third kappa shape index (κ3) is 5.63. The summed E-state index contributed by atoms with van der Waals surface area (Å²) in [6, 6.07) is 24.5. The summed E-state index contributed by atoms with van der Waals surface area (Å²) in [5.41, 5.74) is 2.61. The van der Waals surface area contributed by atoms with Crippen LogP contribution in [0.15, 0.2) is 83.3 Å². The quantitative estimate of drug-likeness (QED) is 0.407. The van der Waals surface area contributed by atoms with Crippen molar-refractivity contribution in [3.63, 3.8) is 0 Å². The molecule has 8 nitrogen and oxygen atoms in total. The van der Waals surface area contributed by atoms with Crippen LogP contribution in [-0.2, 0) is 11.4 Å². The fourth-order valence-electron chi connectivity index (χ4n) is 2.88. The Bertz CT molecular complexity index is 1140. The average molecular weight is 430 g/mol. The van der Waals surface area contributed by atoms with E-state index < -0.39 is 0 Å². The first-order chi connectivity index (χ1) is 15.7. The molecule has 2 N–H and O–H groups in total. The molecule has 0 aliphatic carbocycles. The Morgan fingerprint density at radius 1 is 0.906 bits per heavy atom. The fraction of sp³-hybridized carbons (Fsp3) is 0.125. The van der Waals surface area contributed by atoms with Crippen LogP contribution in [0, 0.1) is 0 Å². The van der Waals surface area contributed by atoms with Crippen molar-refractivity contribution in [3.05, 3.63) is 84.4 Å². The zero-order valence-corrected chi connectivity index (χ0v) is 17.4. The maximum Gasteiger partial charge on any atom is 0.322 e. The molecule has 8 heteroatoms. The summed E-state index contributed by atoms with van der Waals surface area (Å²) < 4.78 is 16.4. The van der Waals surface area contributed by atoms with Gasteiger partial charge in [0.2, 0.25) is 11.8 Å². The number of benzene rings is 3. The maximum atomic E-state index is 12.1. The van der Waals surface area contributed by atoms with Crippen LogP contribution in [0.5, 0.6) is 11.5 Å². The topological polar surface area (TPSA) is 98.5 Å². The number of methoxy groups -OCH3 is 1. The summed E-state index contributed by atoms with van der Waals surface area (Å²) in [6.07, 6.45) is 0. The number of hydrogen-bond acceptors (Lipinski definition) is 7. The largest absolute Gasteiger partial charge is 0.497 e. The first-order valence-corrected chi connectivity index (χ1v) is 9.98. The van der Waals surface area contributed by atoms with Crippen molar-refractivity contribution in [2.24, 2.45) is 0 Å². The molecular formula is C24H22N4O4. The number of rotatable bonds is 9. The van der Waals surface area contributed by atoms with E-state index in [2.05, 4.69) is 20.8 Å². The van der Waals surface area contributed by atoms with E-state index in [1.165, 1.54) is 0 Å². The zero-order chi connectivity index (χ0) is 22.2. The van der Waals surface area contributed by atoms with Gasteiger partial charge in [-0.2, -0.15) is 0 Å². The highest BCUT2D eigenvalue weighted by Gasteiger charge is 2.11. The van der Waals surface area contributed by atoms with Crippen LogP contribution in [0.3, 0.4) is 0 Å². The molecule has 3 aromatic carbocycles. The van der Waals surface area contributed by atoms with Crippen molar-refractivity contribution >= 4 is 17.6 Å². The lowest BCUT2D eigenvalue weighted by atomic mass is 10.2. The van der Waals surface area contributed by atoms with Gasteiger partial charge < -0.3 is 19.2 Å². The van der Waals surface area contributed by atoms with Gasteiger partial charge in [0.1, 0.15) is 18.1 Å². The minimum Gasteiger partial charge on any atom is -0.497 e. The second kappa shape index (κ2) is 10.1. The molecule has 1 aromatic heterocycles. The van der Waals surface area contributed by atoms with Gasteiger partial charge in [0.15, 0.2) is 0 Å². The van der Waals surface area contributed by atoms with Gasteiger partial charge in [-0.1, -0.05) is 35.4 Å². The van der Waals surface area contributed by atoms with E-state index in [4.69, 9.17) is 13.9 Å². The number of nitrogens with one attached hydrogen (secondary N) is 2. The molecule has 4 rings (SSSR count).